The summed E-state index contributed by atoms with van der Waals surface area (Å²) in [5, 5.41) is 6.22. The highest BCUT2D eigenvalue weighted by Crippen LogP contribution is 2.22. The Morgan fingerprint density at radius 2 is 1.96 bits per heavy atom. The first-order valence-electron chi connectivity index (χ1n) is 8.78. The smallest absolute Gasteiger partial charge is 0.389 e. The second-order valence-corrected chi connectivity index (χ2v) is 5.68. The molecule has 5 nitrogen and oxygen atoms in total. The Morgan fingerprint density at radius 1 is 1.15 bits per heavy atom. The van der Waals surface area contributed by atoms with Crippen LogP contribution in [0.5, 0.6) is 5.75 Å². The summed E-state index contributed by atoms with van der Waals surface area (Å²) in [6.07, 6.45) is -3.60. The molecule has 0 spiro atoms. The van der Waals surface area contributed by atoms with Crippen LogP contribution in [-0.2, 0) is 4.74 Å². The van der Waals surface area contributed by atoms with E-state index < -0.39 is 12.6 Å². The van der Waals surface area contributed by atoms with Crippen LogP contribution in [0.4, 0.5) is 18.9 Å². The number of anilines is 1. The van der Waals surface area contributed by atoms with Crippen LogP contribution in [0.2, 0.25) is 0 Å². The first-order valence-corrected chi connectivity index (χ1v) is 8.78. The maximum Gasteiger partial charge on any atom is 0.389 e. The number of benzene rings is 1. The van der Waals surface area contributed by atoms with E-state index in [0.29, 0.717) is 38.7 Å². The lowest BCUT2D eigenvalue weighted by molar-refractivity contribution is -0.135. The van der Waals surface area contributed by atoms with Crippen LogP contribution in [-0.4, -0.2) is 45.5 Å². The summed E-state index contributed by atoms with van der Waals surface area (Å²) in [7, 11) is 1.65. The maximum absolute atomic E-state index is 12.1. The van der Waals surface area contributed by atoms with E-state index in [1.807, 2.05) is 31.2 Å². The SMILES string of the molecule is CCNC(=NCCCCC(F)(F)F)Nc1cccc(OCCCOC)c1. The molecule has 0 radical (unpaired) electrons. The minimum Gasteiger partial charge on any atom is -0.493 e. The highest BCUT2D eigenvalue weighted by atomic mass is 19.4. The van der Waals surface area contributed by atoms with Crippen molar-refractivity contribution >= 4 is 11.6 Å². The second-order valence-electron chi connectivity index (χ2n) is 5.68. The summed E-state index contributed by atoms with van der Waals surface area (Å²) in [6, 6.07) is 7.45. The van der Waals surface area contributed by atoms with E-state index in [1.165, 1.54) is 0 Å². The molecule has 1 aromatic rings. The monoisotopic (exact) mass is 375 g/mol. The lowest BCUT2D eigenvalue weighted by atomic mass is 10.2. The summed E-state index contributed by atoms with van der Waals surface area (Å²) < 4.78 is 47.0. The minimum absolute atomic E-state index is 0.0806. The minimum atomic E-state index is -4.10. The summed E-state index contributed by atoms with van der Waals surface area (Å²) >= 11 is 0. The molecule has 0 aliphatic heterocycles. The van der Waals surface area contributed by atoms with E-state index in [0.717, 1.165) is 17.9 Å². The zero-order valence-corrected chi connectivity index (χ0v) is 15.4. The van der Waals surface area contributed by atoms with Crippen LogP contribution in [0.1, 0.15) is 32.6 Å². The van der Waals surface area contributed by atoms with Crippen LogP contribution in [0.25, 0.3) is 0 Å². The van der Waals surface area contributed by atoms with Crippen LogP contribution >= 0.6 is 0 Å². The zero-order chi connectivity index (χ0) is 19.3. The highest BCUT2D eigenvalue weighted by molar-refractivity contribution is 5.93. The van der Waals surface area contributed by atoms with Gasteiger partial charge in [-0.3, -0.25) is 4.99 Å². The Kier molecular flexibility index (Phi) is 10.5. The molecule has 2 N–H and O–H groups in total. The lowest BCUT2D eigenvalue weighted by Crippen LogP contribution is -2.30. The van der Waals surface area contributed by atoms with Crippen molar-refractivity contribution in [1.29, 1.82) is 0 Å². The Morgan fingerprint density at radius 3 is 2.65 bits per heavy atom. The third-order valence-electron chi connectivity index (χ3n) is 3.34. The molecule has 0 saturated carbocycles. The molecule has 0 fully saturated rings. The van der Waals surface area contributed by atoms with Crippen molar-refractivity contribution in [3.8, 4) is 5.75 Å². The quantitative estimate of drug-likeness (QED) is 0.346. The van der Waals surface area contributed by atoms with Gasteiger partial charge in [0.1, 0.15) is 5.75 Å². The van der Waals surface area contributed by atoms with Crippen molar-refractivity contribution in [2.75, 3.05) is 38.7 Å². The molecule has 0 amide bonds. The Balaban J connectivity index is 2.51. The molecule has 0 bridgehead atoms. The predicted octanol–water partition coefficient (Wildman–Crippen LogP) is 4.21. The molecule has 0 heterocycles. The van der Waals surface area contributed by atoms with Crippen LogP contribution in [0, 0.1) is 0 Å². The fourth-order valence-electron chi connectivity index (χ4n) is 2.13. The van der Waals surface area contributed by atoms with Gasteiger partial charge in [0.2, 0.25) is 0 Å². The Hall–Kier alpha value is -1.96. The second kappa shape index (κ2) is 12.4. The fourth-order valence-corrected chi connectivity index (χ4v) is 2.13. The van der Waals surface area contributed by atoms with Gasteiger partial charge in [-0.05, 0) is 31.9 Å². The van der Waals surface area contributed by atoms with Crippen molar-refractivity contribution < 1.29 is 22.6 Å². The number of hydrogen-bond acceptors (Lipinski definition) is 3. The van der Waals surface area contributed by atoms with E-state index in [-0.39, 0.29) is 6.42 Å². The normalized spacial score (nSPS) is 12.1. The molecule has 8 heteroatoms. The van der Waals surface area contributed by atoms with Crippen molar-refractivity contribution in [1.82, 2.24) is 5.32 Å². The number of unbranched alkanes of at least 4 members (excludes halogenated alkanes) is 1. The lowest BCUT2D eigenvalue weighted by Gasteiger charge is -2.13. The molecule has 0 aromatic heterocycles. The number of halogens is 3. The molecular formula is C18H28F3N3O2. The molecule has 0 atom stereocenters. The molecular weight excluding hydrogens is 347 g/mol. The molecule has 26 heavy (non-hydrogen) atoms. The van der Waals surface area contributed by atoms with Gasteiger partial charge in [-0.25, -0.2) is 0 Å². The third-order valence-corrected chi connectivity index (χ3v) is 3.34. The van der Waals surface area contributed by atoms with Crippen molar-refractivity contribution in [3.63, 3.8) is 0 Å². The molecule has 148 valence electrons. The van der Waals surface area contributed by atoms with E-state index in [1.54, 1.807) is 7.11 Å². The zero-order valence-electron chi connectivity index (χ0n) is 15.4. The third kappa shape index (κ3) is 10.8. The highest BCUT2D eigenvalue weighted by Gasteiger charge is 2.25. The van der Waals surface area contributed by atoms with Gasteiger partial charge in [-0.15, -0.1) is 0 Å². The van der Waals surface area contributed by atoms with Gasteiger partial charge in [0, 0.05) is 51.4 Å². The van der Waals surface area contributed by atoms with Gasteiger partial charge in [0.05, 0.1) is 6.61 Å². The first kappa shape index (κ1) is 22.1. The fraction of sp³-hybridized carbons (Fsp3) is 0.611. The topological polar surface area (TPSA) is 54.9 Å². The number of guanidine groups is 1. The maximum atomic E-state index is 12.1. The first-order chi connectivity index (χ1) is 12.4. The van der Waals surface area contributed by atoms with Crippen LogP contribution in [0.15, 0.2) is 29.3 Å². The van der Waals surface area contributed by atoms with Crippen molar-refractivity contribution in [2.24, 2.45) is 4.99 Å². The summed E-state index contributed by atoms with van der Waals surface area (Å²) in [5.41, 5.74) is 0.796. The molecule has 1 aromatic carbocycles. The van der Waals surface area contributed by atoms with Crippen molar-refractivity contribution in [3.05, 3.63) is 24.3 Å². The summed E-state index contributed by atoms with van der Waals surface area (Å²) in [6.45, 7) is 4.12. The van der Waals surface area contributed by atoms with E-state index in [9.17, 15) is 13.2 Å². The average molecular weight is 375 g/mol. The molecule has 0 saturated heterocycles. The number of nitrogens with zero attached hydrogens (tertiary/aromatic N) is 1. The number of hydrogen-bond donors (Lipinski definition) is 2. The standard InChI is InChI=1S/C18H28F3N3O2/c1-3-22-17(23-11-5-4-10-18(19,20)21)24-15-8-6-9-16(14-15)26-13-7-12-25-2/h6,8-9,14H,3-5,7,10-13H2,1-2H3,(H2,22,23,24). The summed E-state index contributed by atoms with van der Waals surface area (Å²) in [5.74, 6) is 1.27. The number of aliphatic imine (C=N–C) groups is 1. The number of ether oxygens (including phenoxy) is 2. The molecule has 1 rings (SSSR count). The van der Waals surface area contributed by atoms with Gasteiger partial charge in [0.15, 0.2) is 5.96 Å². The average Bonchev–Trinajstić information content (AvgIpc) is 2.58. The van der Waals surface area contributed by atoms with Gasteiger partial charge in [0.25, 0.3) is 0 Å². The largest absolute Gasteiger partial charge is 0.493 e. The van der Waals surface area contributed by atoms with Gasteiger partial charge in [-0.1, -0.05) is 6.07 Å². The van der Waals surface area contributed by atoms with Crippen molar-refractivity contribution in [2.45, 2.75) is 38.8 Å². The van der Waals surface area contributed by atoms with Crippen LogP contribution in [0.3, 0.4) is 0 Å². The number of methoxy groups -OCH3 is 1. The predicted molar refractivity (Wildman–Crippen MR) is 97.9 cm³/mol. The van der Waals surface area contributed by atoms with Gasteiger partial charge < -0.3 is 20.1 Å². The number of alkyl halides is 3. The van der Waals surface area contributed by atoms with E-state index in [4.69, 9.17) is 9.47 Å². The number of rotatable bonds is 11. The van der Waals surface area contributed by atoms with E-state index >= 15 is 0 Å². The Labute approximate surface area is 153 Å². The molecule has 0 aliphatic rings. The van der Waals surface area contributed by atoms with E-state index in [2.05, 4.69) is 15.6 Å². The Bertz CT molecular complexity index is 537. The van der Waals surface area contributed by atoms with Gasteiger partial charge >= 0.3 is 6.18 Å². The van der Waals surface area contributed by atoms with Crippen LogP contribution < -0.4 is 15.4 Å². The molecule has 0 aliphatic carbocycles. The summed E-state index contributed by atoms with van der Waals surface area (Å²) in [4.78, 5) is 4.31. The number of nitrogens with one attached hydrogen (secondary N) is 2. The molecule has 0 unspecified atom stereocenters. The van der Waals surface area contributed by atoms with Gasteiger partial charge in [-0.2, -0.15) is 13.2 Å².